The lowest BCUT2D eigenvalue weighted by Crippen LogP contribution is -2.38. The quantitative estimate of drug-likeness (QED) is 0.762. The Labute approximate surface area is 110 Å². The van der Waals surface area contributed by atoms with Crippen LogP contribution in [0.25, 0.3) is 0 Å². The van der Waals surface area contributed by atoms with Crippen molar-refractivity contribution in [2.45, 2.75) is 51.1 Å². The molecule has 1 saturated carbocycles. The van der Waals surface area contributed by atoms with Gasteiger partial charge in [-0.1, -0.05) is 43.9 Å². The van der Waals surface area contributed by atoms with Crippen molar-refractivity contribution in [1.29, 1.82) is 0 Å². The van der Waals surface area contributed by atoms with Crippen LogP contribution in [0, 0.1) is 0 Å². The first kappa shape index (κ1) is 12.0. The Hall–Kier alpha value is -1.02. The van der Waals surface area contributed by atoms with E-state index in [9.17, 15) is 0 Å². The average Bonchev–Trinajstić information content (AvgIpc) is 2.79. The Kier molecular flexibility index (Phi) is 3.84. The van der Waals surface area contributed by atoms with E-state index in [2.05, 4.69) is 34.5 Å². The number of hydrogen-bond acceptors (Lipinski definition) is 2. The van der Waals surface area contributed by atoms with Gasteiger partial charge in [0.2, 0.25) is 0 Å². The minimum Gasteiger partial charge on any atom is -0.367 e. The van der Waals surface area contributed by atoms with Gasteiger partial charge in [-0.25, -0.2) is 0 Å². The molecule has 1 fully saturated rings. The lowest BCUT2D eigenvalue weighted by Gasteiger charge is -2.33. The van der Waals surface area contributed by atoms with E-state index in [0.29, 0.717) is 0 Å². The van der Waals surface area contributed by atoms with Crippen molar-refractivity contribution in [1.82, 2.24) is 5.32 Å². The Morgan fingerprint density at radius 1 is 1.00 bits per heavy atom. The van der Waals surface area contributed by atoms with Crippen LogP contribution in [0.1, 0.15) is 44.1 Å². The van der Waals surface area contributed by atoms with Crippen LogP contribution in [0.3, 0.4) is 0 Å². The predicted molar refractivity (Wildman–Crippen MR) is 77.0 cm³/mol. The van der Waals surface area contributed by atoms with E-state index < -0.39 is 0 Å². The van der Waals surface area contributed by atoms with Crippen LogP contribution in [-0.2, 0) is 6.54 Å². The fourth-order valence-electron chi connectivity index (χ4n) is 3.43. The number of hydrogen-bond donors (Lipinski definition) is 1. The molecule has 0 amide bonds. The summed E-state index contributed by atoms with van der Waals surface area (Å²) in [6.07, 6.45) is 8.46. The number of para-hydroxylation sites is 1. The first-order valence-electron chi connectivity index (χ1n) is 7.50. The largest absolute Gasteiger partial charge is 0.367 e. The van der Waals surface area contributed by atoms with Crippen molar-refractivity contribution in [3.05, 3.63) is 29.8 Å². The number of fused-ring (bicyclic) bond motifs is 1. The lowest BCUT2D eigenvalue weighted by atomic mass is 10.0. The third kappa shape index (κ3) is 2.54. The molecule has 18 heavy (non-hydrogen) atoms. The van der Waals surface area contributed by atoms with Crippen LogP contribution >= 0.6 is 0 Å². The molecular formula is C16H24N2. The SMILES string of the molecule is c1ccc2c(c1)CNCCN2C1CCCCCC1. The summed E-state index contributed by atoms with van der Waals surface area (Å²) in [5.41, 5.74) is 2.95. The summed E-state index contributed by atoms with van der Waals surface area (Å²) in [5, 5.41) is 3.55. The van der Waals surface area contributed by atoms with Crippen LogP contribution in [0.5, 0.6) is 0 Å². The maximum atomic E-state index is 3.55. The predicted octanol–water partition coefficient (Wildman–Crippen LogP) is 3.32. The molecule has 1 heterocycles. The Bertz CT molecular complexity index is 380. The third-order valence-electron chi connectivity index (χ3n) is 4.41. The third-order valence-corrected chi connectivity index (χ3v) is 4.41. The zero-order chi connectivity index (χ0) is 12.2. The van der Waals surface area contributed by atoms with Gasteiger partial charge in [0.05, 0.1) is 0 Å². The second-order valence-corrected chi connectivity index (χ2v) is 5.64. The molecule has 0 atom stereocenters. The van der Waals surface area contributed by atoms with E-state index in [1.165, 1.54) is 56.3 Å². The standard InChI is InChI=1S/C16H24N2/c1-2-4-9-15(8-3-1)18-12-11-17-13-14-7-5-6-10-16(14)18/h5-7,10,15,17H,1-4,8-9,11-13H2. The van der Waals surface area contributed by atoms with Crippen molar-refractivity contribution in [3.63, 3.8) is 0 Å². The van der Waals surface area contributed by atoms with Gasteiger partial charge in [-0.2, -0.15) is 0 Å². The average molecular weight is 244 g/mol. The normalized spacial score (nSPS) is 22.1. The van der Waals surface area contributed by atoms with Gasteiger partial charge in [-0.3, -0.25) is 0 Å². The molecule has 1 aromatic rings. The smallest absolute Gasteiger partial charge is 0.0414 e. The van der Waals surface area contributed by atoms with Gasteiger partial charge in [-0.15, -0.1) is 0 Å². The van der Waals surface area contributed by atoms with E-state index in [4.69, 9.17) is 0 Å². The summed E-state index contributed by atoms with van der Waals surface area (Å²) < 4.78 is 0. The van der Waals surface area contributed by atoms with Gasteiger partial charge in [0.15, 0.2) is 0 Å². The Morgan fingerprint density at radius 2 is 1.78 bits per heavy atom. The van der Waals surface area contributed by atoms with E-state index >= 15 is 0 Å². The molecule has 1 aromatic carbocycles. The number of anilines is 1. The van der Waals surface area contributed by atoms with E-state index in [0.717, 1.165) is 19.1 Å². The van der Waals surface area contributed by atoms with Gasteiger partial charge < -0.3 is 10.2 Å². The van der Waals surface area contributed by atoms with Crippen molar-refractivity contribution < 1.29 is 0 Å². The molecule has 2 nitrogen and oxygen atoms in total. The molecule has 1 aliphatic heterocycles. The molecule has 0 saturated heterocycles. The van der Waals surface area contributed by atoms with Crippen molar-refractivity contribution in [2.24, 2.45) is 0 Å². The van der Waals surface area contributed by atoms with Crippen LogP contribution in [-0.4, -0.2) is 19.1 Å². The number of benzene rings is 1. The van der Waals surface area contributed by atoms with Gasteiger partial charge in [-0.05, 0) is 24.5 Å². The highest BCUT2D eigenvalue weighted by Gasteiger charge is 2.23. The molecule has 1 aliphatic carbocycles. The summed E-state index contributed by atoms with van der Waals surface area (Å²) in [6, 6.07) is 9.71. The molecule has 0 bridgehead atoms. The highest BCUT2D eigenvalue weighted by molar-refractivity contribution is 5.55. The minimum absolute atomic E-state index is 0.772. The van der Waals surface area contributed by atoms with Crippen LogP contribution < -0.4 is 10.2 Å². The van der Waals surface area contributed by atoms with Crippen LogP contribution in [0.4, 0.5) is 5.69 Å². The maximum Gasteiger partial charge on any atom is 0.0414 e. The maximum absolute atomic E-state index is 3.55. The number of nitrogens with one attached hydrogen (secondary N) is 1. The van der Waals surface area contributed by atoms with Crippen molar-refractivity contribution in [3.8, 4) is 0 Å². The topological polar surface area (TPSA) is 15.3 Å². The van der Waals surface area contributed by atoms with E-state index in [-0.39, 0.29) is 0 Å². The summed E-state index contributed by atoms with van der Waals surface area (Å²) >= 11 is 0. The molecule has 2 heteroatoms. The molecule has 0 radical (unpaired) electrons. The van der Waals surface area contributed by atoms with Gasteiger partial charge >= 0.3 is 0 Å². The second-order valence-electron chi connectivity index (χ2n) is 5.64. The van der Waals surface area contributed by atoms with E-state index in [1.54, 1.807) is 0 Å². The first-order chi connectivity index (χ1) is 8.95. The summed E-state index contributed by atoms with van der Waals surface area (Å²) in [7, 11) is 0. The van der Waals surface area contributed by atoms with Crippen LogP contribution in [0.2, 0.25) is 0 Å². The summed E-state index contributed by atoms with van der Waals surface area (Å²) in [4.78, 5) is 2.68. The molecule has 0 aromatic heterocycles. The van der Waals surface area contributed by atoms with Gasteiger partial charge in [0.25, 0.3) is 0 Å². The second kappa shape index (κ2) is 5.75. The highest BCUT2D eigenvalue weighted by atomic mass is 15.2. The molecular weight excluding hydrogens is 220 g/mol. The fourth-order valence-corrected chi connectivity index (χ4v) is 3.43. The van der Waals surface area contributed by atoms with Crippen molar-refractivity contribution in [2.75, 3.05) is 18.0 Å². The van der Waals surface area contributed by atoms with Gasteiger partial charge in [0.1, 0.15) is 0 Å². The van der Waals surface area contributed by atoms with E-state index in [1.807, 2.05) is 0 Å². The Morgan fingerprint density at radius 3 is 2.61 bits per heavy atom. The van der Waals surface area contributed by atoms with Crippen molar-refractivity contribution >= 4 is 5.69 Å². The molecule has 98 valence electrons. The highest BCUT2D eigenvalue weighted by Crippen LogP contribution is 2.29. The van der Waals surface area contributed by atoms with Gasteiger partial charge in [0, 0.05) is 31.4 Å². The number of rotatable bonds is 1. The lowest BCUT2D eigenvalue weighted by molar-refractivity contribution is 0.522. The summed E-state index contributed by atoms with van der Waals surface area (Å²) in [5.74, 6) is 0. The summed E-state index contributed by atoms with van der Waals surface area (Å²) in [6.45, 7) is 3.31. The molecule has 2 aliphatic rings. The Balaban J connectivity index is 1.86. The minimum atomic E-state index is 0.772. The fraction of sp³-hybridized carbons (Fsp3) is 0.625. The first-order valence-corrected chi connectivity index (χ1v) is 7.50. The zero-order valence-corrected chi connectivity index (χ0v) is 11.2. The molecule has 3 rings (SSSR count). The molecule has 0 unspecified atom stereocenters. The number of nitrogens with zero attached hydrogens (tertiary/aromatic N) is 1. The molecule has 1 N–H and O–H groups in total. The zero-order valence-electron chi connectivity index (χ0n) is 11.2. The monoisotopic (exact) mass is 244 g/mol. The molecule has 0 spiro atoms. The van der Waals surface area contributed by atoms with Crippen LogP contribution in [0.15, 0.2) is 24.3 Å².